The van der Waals surface area contributed by atoms with E-state index in [0.717, 1.165) is 5.56 Å². The molecule has 0 N–H and O–H groups in total. The number of benzene rings is 1. The maximum absolute atomic E-state index is 12.8. The maximum atomic E-state index is 12.8. The number of methoxy groups -OCH3 is 1. The highest BCUT2D eigenvalue weighted by atomic mass is 32.1. The summed E-state index contributed by atoms with van der Waals surface area (Å²) in [6.07, 6.45) is 0.999. The zero-order valence-electron chi connectivity index (χ0n) is 15.9. The quantitative estimate of drug-likeness (QED) is 0.767. The van der Waals surface area contributed by atoms with Gasteiger partial charge in [0.25, 0.3) is 0 Å². The third-order valence-electron chi connectivity index (χ3n) is 4.99. The molecule has 27 heavy (non-hydrogen) atoms. The minimum Gasteiger partial charge on any atom is -0.384 e. The lowest BCUT2D eigenvalue weighted by molar-refractivity contribution is -0.134. The van der Waals surface area contributed by atoms with E-state index in [1.165, 1.54) is 10.4 Å². The topological polar surface area (TPSA) is 49.9 Å². The number of carbonyl (C=O) groups excluding carboxylic acids is 2. The molecule has 2 amide bonds. The van der Waals surface area contributed by atoms with E-state index in [0.29, 0.717) is 39.1 Å². The van der Waals surface area contributed by atoms with Crippen LogP contribution in [0.3, 0.4) is 0 Å². The van der Waals surface area contributed by atoms with Crippen LogP contribution in [0.2, 0.25) is 0 Å². The van der Waals surface area contributed by atoms with E-state index in [4.69, 9.17) is 4.74 Å². The van der Waals surface area contributed by atoms with Gasteiger partial charge in [0.05, 0.1) is 18.9 Å². The molecule has 2 aromatic rings. The molecule has 1 saturated heterocycles. The molecule has 1 aromatic carbocycles. The summed E-state index contributed by atoms with van der Waals surface area (Å²) in [5, 5.41) is 2.07. The van der Waals surface area contributed by atoms with E-state index in [9.17, 15) is 9.59 Å². The van der Waals surface area contributed by atoms with E-state index in [1.54, 1.807) is 23.3 Å². The van der Waals surface area contributed by atoms with Crippen molar-refractivity contribution in [1.29, 1.82) is 0 Å². The number of hydrogen-bond acceptors (Lipinski definition) is 4. The number of amides is 2. The lowest BCUT2D eigenvalue weighted by Crippen LogP contribution is -2.37. The Morgan fingerprint density at radius 1 is 1.22 bits per heavy atom. The standard InChI is InChI=1S/C21H26N2O3S/c1-22-10-11-23(20(24)9-12-26-2)15-18(21(22)25)14-16-5-7-17(8-6-16)19-4-3-13-27-19/h3-8,13,18H,9-12,14-15H2,1-2H3/t18-/m1/s1. The molecule has 0 spiro atoms. The Kier molecular flexibility index (Phi) is 6.63. The third kappa shape index (κ3) is 4.96. The van der Waals surface area contributed by atoms with Gasteiger partial charge in [0.1, 0.15) is 0 Å². The first-order valence-electron chi connectivity index (χ1n) is 9.23. The SMILES string of the molecule is COCCC(=O)N1CCN(C)C(=O)[C@H](Cc2ccc(-c3cccs3)cc2)C1. The smallest absolute Gasteiger partial charge is 0.227 e. The molecule has 5 nitrogen and oxygen atoms in total. The highest BCUT2D eigenvalue weighted by Gasteiger charge is 2.30. The van der Waals surface area contributed by atoms with Gasteiger partial charge in [0.15, 0.2) is 0 Å². The second-order valence-corrected chi connectivity index (χ2v) is 7.87. The summed E-state index contributed by atoms with van der Waals surface area (Å²) >= 11 is 1.72. The molecule has 0 bridgehead atoms. The molecule has 0 aliphatic carbocycles. The van der Waals surface area contributed by atoms with Gasteiger partial charge in [-0.2, -0.15) is 0 Å². The van der Waals surface area contributed by atoms with Crippen molar-refractivity contribution in [2.75, 3.05) is 40.4 Å². The fourth-order valence-corrected chi connectivity index (χ4v) is 4.12. The largest absolute Gasteiger partial charge is 0.384 e. The molecule has 0 radical (unpaired) electrons. The number of hydrogen-bond donors (Lipinski definition) is 0. The summed E-state index contributed by atoms with van der Waals surface area (Å²) in [6, 6.07) is 12.5. The van der Waals surface area contributed by atoms with Gasteiger partial charge in [-0.1, -0.05) is 30.3 Å². The lowest BCUT2D eigenvalue weighted by Gasteiger charge is -2.23. The molecule has 0 saturated carbocycles. The van der Waals surface area contributed by atoms with Gasteiger partial charge in [-0.15, -0.1) is 11.3 Å². The van der Waals surface area contributed by atoms with Crippen LogP contribution in [0.1, 0.15) is 12.0 Å². The van der Waals surface area contributed by atoms with Crippen LogP contribution in [0.25, 0.3) is 10.4 Å². The lowest BCUT2D eigenvalue weighted by atomic mass is 9.96. The van der Waals surface area contributed by atoms with Crippen molar-refractivity contribution in [2.45, 2.75) is 12.8 Å². The average Bonchev–Trinajstić information content (AvgIpc) is 3.18. The van der Waals surface area contributed by atoms with Gasteiger partial charge in [-0.25, -0.2) is 0 Å². The molecule has 1 fully saturated rings. The highest BCUT2D eigenvalue weighted by molar-refractivity contribution is 7.13. The monoisotopic (exact) mass is 386 g/mol. The molecule has 3 rings (SSSR count). The zero-order valence-corrected chi connectivity index (χ0v) is 16.7. The van der Waals surface area contributed by atoms with E-state index < -0.39 is 0 Å². The summed E-state index contributed by atoms with van der Waals surface area (Å²) in [4.78, 5) is 30.0. The molecule has 1 atom stereocenters. The number of rotatable bonds is 6. The number of ether oxygens (including phenoxy) is 1. The van der Waals surface area contributed by atoms with Crippen molar-refractivity contribution in [2.24, 2.45) is 5.92 Å². The van der Waals surface area contributed by atoms with Crippen molar-refractivity contribution < 1.29 is 14.3 Å². The van der Waals surface area contributed by atoms with E-state index in [2.05, 4.69) is 35.7 Å². The van der Waals surface area contributed by atoms with Crippen molar-refractivity contribution in [3.63, 3.8) is 0 Å². The van der Waals surface area contributed by atoms with Crippen LogP contribution < -0.4 is 0 Å². The van der Waals surface area contributed by atoms with Gasteiger partial charge in [-0.05, 0) is 29.0 Å². The summed E-state index contributed by atoms with van der Waals surface area (Å²) in [6.45, 7) is 2.04. The second-order valence-electron chi connectivity index (χ2n) is 6.92. The molecule has 2 heterocycles. The molecule has 1 aliphatic rings. The van der Waals surface area contributed by atoms with Gasteiger partial charge in [0.2, 0.25) is 11.8 Å². The van der Waals surface area contributed by atoms with Crippen LogP contribution in [0.15, 0.2) is 41.8 Å². The van der Waals surface area contributed by atoms with Gasteiger partial charge < -0.3 is 14.5 Å². The Balaban J connectivity index is 1.70. The molecule has 6 heteroatoms. The highest BCUT2D eigenvalue weighted by Crippen LogP contribution is 2.25. The zero-order chi connectivity index (χ0) is 19.2. The number of likely N-dealkylation sites (N-methyl/N-ethyl adjacent to an activating group) is 1. The summed E-state index contributed by atoms with van der Waals surface area (Å²) in [7, 11) is 3.41. The van der Waals surface area contributed by atoms with Crippen molar-refractivity contribution >= 4 is 23.2 Å². The predicted octanol–water partition coefficient (Wildman–Crippen LogP) is 2.91. The summed E-state index contributed by atoms with van der Waals surface area (Å²) in [5.74, 6) is -0.0473. The summed E-state index contributed by atoms with van der Waals surface area (Å²) < 4.78 is 5.02. The van der Waals surface area contributed by atoms with Crippen LogP contribution >= 0.6 is 11.3 Å². The van der Waals surface area contributed by atoms with E-state index >= 15 is 0 Å². The van der Waals surface area contributed by atoms with Gasteiger partial charge >= 0.3 is 0 Å². The normalized spacial score (nSPS) is 17.9. The fourth-order valence-electron chi connectivity index (χ4n) is 3.39. The Morgan fingerprint density at radius 2 is 2.00 bits per heavy atom. The minimum absolute atomic E-state index is 0.0537. The third-order valence-corrected chi connectivity index (χ3v) is 5.90. The number of nitrogens with zero attached hydrogens (tertiary/aromatic N) is 2. The van der Waals surface area contributed by atoms with Crippen LogP contribution in [-0.4, -0.2) is 62.0 Å². The average molecular weight is 387 g/mol. The van der Waals surface area contributed by atoms with Crippen molar-refractivity contribution in [1.82, 2.24) is 9.80 Å². The van der Waals surface area contributed by atoms with Crippen LogP contribution in [0.5, 0.6) is 0 Å². The van der Waals surface area contributed by atoms with Crippen LogP contribution in [-0.2, 0) is 20.7 Å². The van der Waals surface area contributed by atoms with Crippen molar-refractivity contribution in [3.05, 3.63) is 47.3 Å². The first-order chi connectivity index (χ1) is 13.1. The second kappa shape index (κ2) is 9.15. The fraction of sp³-hybridized carbons (Fsp3) is 0.429. The predicted molar refractivity (Wildman–Crippen MR) is 108 cm³/mol. The molecule has 0 unspecified atom stereocenters. The molecule has 144 valence electrons. The minimum atomic E-state index is -0.211. The molecular formula is C21H26N2O3S. The summed E-state index contributed by atoms with van der Waals surface area (Å²) in [5.41, 5.74) is 2.31. The Bertz CT molecular complexity index is 758. The Labute approximate surface area is 164 Å². The number of carbonyl (C=O) groups is 2. The Morgan fingerprint density at radius 3 is 2.67 bits per heavy atom. The van der Waals surface area contributed by atoms with E-state index in [-0.39, 0.29) is 17.7 Å². The van der Waals surface area contributed by atoms with Crippen LogP contribution in [0, 0.1) is 5.92 Å². The number of thiophene rings is 1. The molecular weight excluding hydrogens is 360 g/mol. The Hall–Kier alpha value is -2.18. The maximum Gasteiger partial charge on any atom is 0.227 e. The van der Waals surface area contributed by atoms with Crippen LogP contribution in [0.4, 0.5) is 0 Å². The van der Waals surface area contributed by atoms with Gasteiger partial charge in [-0.3, -0.25) is 9.59 Å². The molecule has 1 aliphatic heterocycles. The first kappa shape index (κ1) is 19.6. The van der Waals surface area contributed by atoms with Crippen molar-refractivity contribution in [3.8, 4) is 10.4 Å². The molecule has 1 aromatic heterocycles. The van der Waals surface area contributed by atoms with E-state index in [1.807, 2.05) is 18.0 Å². The van der Waals surface area contributed by atoms with Gasteiger partial charge in [0, 0.05) is 38.7 Å². The first-order valence-corrected chi connectivity index (χ1v) is 10.1.